The van der Waals surface area contributed by atoms with E-state index in [1.807, 2.05) is 72.8 Å². The van der Waals surface area contributed by atoms with Gasteiger partial charge in [-0.2, -0.15) is 0 Å². The van der Waals surface area contributed by atoms with Gasteiger partial charge in [0, 0.05) is 27.3 Å². The molecule has 11 aromatic rings. The Morgan fingerprint density at radius 2 is 1.00 bits per heavy atom. The zero-order valence-electron chi connectivity index (χ0n) is 29.0. The highest BCUT2D eigenvalue weighted by Crippen LogP contribution is 2.43. The van der Waals surface area contributed by atoms with Crippen molar-refractivity contribution in [1.29, 1.82) is 0 Å². The van der Waals surface area contributed by atoms with Crippen LogP contribution in [0.15, 0.2) is 186 Å². The van der Waals surface area contributed by atoms with E-state index in [1.165, 1.54) is 32.7 Å². The maximum Gasteiger partial charge on any atom is 0.167 e. The maximum atomic E-state index is 6.80. The van der Waals surface area contributed by atoms with E-state index >= 15 is 0 Å². The summed E-state index contributed by atoms with van der Waals surface area (Å²) in [5.41, 5.74) is 9.90. The fraction of sp³-hybridized carbons (Fsp3) is 0. The van der Waals surface area contributed by atoms with Gasteiger partial charge in [0.1, 0.15) is 11.2 Å². The van der Waals surface area contributed by atoms with Crippen molar-refractivity contribution in [3.8, 4) is 51.0 Å². The number of hydrogen-bond donors (Lipinski definition) is 0. The number of nitrogens with zero attached hydrogens (tertiary/aromatic N) is 4. The summed E-state index contributed by atoms with van der Waals surface area (Å²) < 4.78 is 9.19. The summed E-state index contributed by atoms with van der Waals surface area (Å²) in [4.78, 5) is 15.1. The summed E-state index contributed by atoms with van der Waals surface area (Å²) in [5, 5.41) is 6.83. The Hall–Kier alpha value is -7.37. The van der Waals surface area contributed by atoms with Gasteiger partial charge >= 0.3 is 0 Å². The summed E-state index contributed by atoms with van der Waals surface area (Å²) >= 11 is 0. The first-order chi connectivity index (χ1) is 26.8. The second-order valence-corrected chi connectivity index (χ2v) is 13.6. The van der Waals surface area contributed by atoms with Gasteiger partial charge in [-0.05, 0) is 64.4 Å². The van der Waals surface area contributed by atoms with Crippen LogP contribution in [0.4, 0.5) is 0 Å². The standard InChI is InChI=1S/C49H30N4O/c1-4-14-31(15-5-1)34-24-25-35-30-43-40(29-36(35)28-34)37-20-10-12-22-41(37)53(43)42-27-26-39(46-45(42)38-21-11-13-23-44(38)54-46)49-51-47(32-16-6-2-7-17-32)50-48(52-49)33-18-8-3-9-19-33/h1-30H. The Bertz CT molecular complexity index is 3140. The molecule has 11 rings (SSSR count). The van der Waals surface area contributed by atoms with Crippen LogP contribution in [-0.2, 0) is 0 Å². The van der Waals surface area contributed by atoms with E-state index in [0.717, 1.165) is 55.3 Å². The SMILES string of the molecule is c1ccc(-c2ccc3cc4c(cc3c2)c2ccccc2n4-c2ccc(-c3nc(-c4ccccc4)nc(-c4ccccc4)n3)c3oc4ccccc4c23)cc1. The average molecular weight is 691 g/mol. The monoisotopic (exact) mass is 690 g/mol. The van der Waals surface area contributed by atoms with Gasteiger partial charge < -0.3 is 8.98 Å². The Morgan fingerprint density at radius 3 is 1.72 bits per heavy atom. The molecule has 0 N–H and O–H groups in total. The molecule has 0 saturated carbocycles. The highest BCUT2D eigenvalue weighted by atomic mass is 16.3. The van der Waals surface area contributed by atoms with Crippen molar-refractivity contribution >= 4 is 54.5 Å². The predicted octanol–water partition coefficient (Wildman–Crippen LogP) is 12.7. The summed E-state index contributed by atoms with van der Waals surface area (Å²) in [6.07, 6.45) is 0. The topological polar surface area (TPSA) is 56.7 Å². The fourth-order valence-electron chi connectivity index (χ4n) is 7.88. The smallest absolute Gasteiger partial charge is 0.167 e. The number of para-hydroxylation sites is 2. The zero-order valence-corrected chi connectivity index (χ0v) is 29.0. The Labute approximate surface area is 310 Å². The quantitative estimate of drug-likeness (QED) is 0.180. The molecule has 0 atom stereocenters. The van der Waals surface area contributed by atoms with E-state index in [4.69, 9.17) is 19.4 Å². The van der Waals surface area contributed by atoms with Gasteiger partial charge in [0.05, 0.1) is 27.7 Å². The minimum atomic E-state index is 0.556. The van der Waals surface area contributed by atoms with E-state index in [9.17, 15) is 0 Å². The molecule has 0 fully saturated rings. The highest BCUT2D eigenvalue weighted by molar-refractivity contribution is 6.18. The molecule has 252 valence electrons. The third-order valence-electron chi connectivity index (χ3n) is 10.4. The van der Waals surface area contributed by atoms with Crippen molar-refractivity contribution in [2.75, 3.05) is 0 Å². The molecule has 5 heteroatoms. The molecule has 54 heavy (non-hydrogen) atoms. The van der Waals surface area contributed by atoms with E-state index in [0.29, 0.717) is 17.5 Å². The molecule has 8 aromatic carbocycles. The van der Waals surface area contributed by atoms with Crippen LogP contribution in [0.2, 0.25) is 0 Å². The molecule has 0 spiro atoms. The van der Waals surface area contributed by atoms with Crippen LogP contribution in [0.1, 0.15) is 0 Å². The van der Waals surface area contributed by atoms with E-state index in [-0.39, 0.29) is 0 Å². The molecular weight excluding hydrogens is 661 g/mol. The summed E-state index contributed by atoms with van der Waals surface area (Å²) in [5.74, 6) is 1.77. The Balaban J connectivity index is 1.18. The van der Waals surface area contributed by atoms with Crippen LogP contribution in [-0.4, -0.2) is 19.5 Å². The molecule has 0 aliphatic carbocycles. The Morgan fingerprint density at radius 1 is 0.389 bits per heavy atom. The van der Waals surface area contributed by atoms with Gasteiger partial charge in [0.15, 0.2) is 17.5 Å². The minimum absolute atomic E-state index is 0.556. The van der Waals surface area contributed by atoms with Gasteiger partial charge in [-0.1, -0.05) is 140 Å². The molecule has 0 radical (unpaired) electrons. The third kappa shape index (κ3) is 4.83. The third-order valence-corrected chi connectivity index (χ3v) is 10.4. The van der Waals surface area contributed by atoms with E-state index < -0.39 is 0 Å². The number of rotatable bonds is 5. The first kappa shape index (κ1) is 30.3. The second-order valence-electron chi connectivity index (χ2n) is 13.6. The summed E-state index contributed by atoms with van der Waals surface area (Å²) in [6, 6.07) is 63.4. The van der Waals surface area contributed by atoms with Crippen LogP contribution in [0.3, 0.4) is 0 Å². The molecule has 0 saturated heterocycles. The Kier molecular flexibility index (Phi) is 6.79. The highest BCUT2D eigenvalue weighted by Gasteiger charge is 2.23. The minimum Gasteiger partial charge on any atom is -0.455 e. The summed E-state index contributed by atoms with van der Waals surface area (Å²) in [7, 11) is 0. The van der Waals surface area contributed by atoms with E-state index in [1.54, 1.807) is 0 Å². The lowest BCUT2D eigenvalue weighted by molar-refractivity contribution is 0.669. The molecule has 0 aliphatic heterocycles. The van der Waals surface area contributed by atoms with Crippen LogP contribution in [0.25, 0.3) is 105 Å². The molecule has 3 aromatic heterocycles. The first-order valence-electron chi connectivity index (χ1n) is 18.1. The molecule has 3 heterocycles. The number of benzene rings is 8. The number of fused-ring (bicyclic) bond motifs is 7. The van der Waals surface area contributed by atoms with Gasteiger partial charge in [0.2, 0.25) is 0 Å². The van der Waals surface area contributed by atoms with Crippen molar-refractivity contribution in [2.24, 2.45) is 0 Å². The van der Waals surface area contributed by atoms with Gasteiger partial charge in [-0.25, -0.2) is 15.0 Å². The number of hydrogen-bond acceptors (Lipinski definition) is 4. The van der Waals surface area contributed by atoms with Crippen molar-refractivity contribution in [1.82, 2.24) is 19.5 Å². The normalized spacial score (nSPS) is 11.7. The fourth-order valence-corrected chi connectivity index (χ4v) is 7.88. The van der Waals surface area contributed by atoms with Gasteiger partial charge in [0.25, 0.3) is 0 Å². The van der Waals surface area contributed by atoms with E-state index in [2.05, 4.69) is 114 Å². The molecule has 0 bridgehead atoms. The van der Waals surface area contributed by atoms with Crippen molar-refractivity contribution in [3.63, 3.8) is 0 Å². The lowest BCUT2D eigenvalue weighted by Gasteiger charge is -2.13. The number of aromatic nitrogens is 4. The molecule has 0 unspecified atom stereocenters. The first-order valence-corrected chi connectivity index (χ1v) is 18.1. The van der Waals surface area contributed by atoms with Crippen LogP contribution in [0.5, 0.6) is 0 Å². The second kappa shape index (κ2) is 12.1. The molecule has 0 aliphatic rings. The van der Waals surface area contributed by atoms with Crippen molar-refractivity contribution in [3.05, 3.63) is 182 Å². The lowest BCUT2D eigenvalue weighted by Crippen LogP contribution is -2.01. The molecule has 5 nitrogen and oxygen atoms in total. The zero-order chi connectivity index (χ0) is 35.6. The summed E-state index contributed by atoms with van der Waals surface area (Å²) in [6.45, 7) is 0. The van der Waals surface area contributed by atoms with Crippen molar-refractivity contribution < 1.29 is 4.42 Å². The van der Waals surface area contributed by atoms with Crippen LogP contribution in [0, 0.1) is 0 Å². The van der Waals surface area contributed by atoms with Crippen molar-refractivity contribution in [2.45, 2.75) is 0 Å². The van der Waals surface area contributed by atoms with Crippen LogP contribution >= 0.6 is 0 Å². The number of furan rings is 1. The lowest BCUT2D eigenvalue weighted by atomic mass is 9.99. The van der Waals surface area contributed by atoms with Gasteiger partial charge in [-0.3, -0.25) is 0 Å². The maximum absolute atomic E-state index is 6.80. The molecule has 0 amide bonds. The van der Waals surface area contributed by atoms with Crippen LogP contribution < -0.4 is 0 Å². The average Bonchev–Trinajstić information content (AvgIpc) is 3.79. The van der Waals surface area contributed by atoms with Gasteiger partial charge in [-0.15, -0.1) is 0 Å². The predicted molar refractivity (Wildman–Crippen MR) is 221 cm³/mol. The molecular formula is C49H30N4O. The largest absolute Gasteiger partial charge is 0.455 e.